The van der Waals surface area contributed by atoms with Crippen LogP contribution in [0.5, 0.6) is 0 Å². The maximum atomic E-state index is 12.2. The van der Waals surface area contributed by atoms with E-state index in [1.54, 1.807) is 0 Å². The van der Waals surface area contributed by atoms with Crippen molar-refractivity contribution < 1.29 is 23.4 Å². The summed E-state index contributed by atoms with van der Waals surface area (Å²) in [7, 11) is -3.83. The molecule has 20 heavy (non-hydrogen) atoms. The quantitative estimate of drug-likeness (QED) is 0.610. The van der Waals surface area contributed by atoms with E-state index in [9.17, 15) is 18.3 Å². The first-order chi connectivity index (χ1) is 9.40. The Bertz CT molecular complexity index is 580. The summed E-state index contributed by atoms with van der Waals surface area (Å²) in [4.78, 5) is 13.0. The van der Waals surface area contributed by atoms with Crippen LogP contribution in [-0.4, -0.2) is 41.7 Å². The van der Waals surface area contributed by atoms with Crippen molar-refractivity contribution in [3.05, 3.63) is 18.0 Å². The van der Waals surface area contributed by atoms with Gasteiger partial charge in [0, 0.05) is 12.2 Å². The standard InChI is InChI=1S/C12H18N2O5S/c15-11-5-3-1-2-4-9(11)14-20(18,19)8-6-10(12(16)17)13-7-8/h6-7,9,11,13-15H,1-5H2,(H,16,17). The van der Waals surface area contributed by atoms with Gasteiger partial charge in [-0.25, -0.2) is 17.9 Å². The molecule has 0 amide bonds. The third-order valence-corrected chi connectivity index (χ3v) is 4.95. The molecule has 1 aliphatic rings. The van der Waals surface area contributed by atoms with Crippen molar-refractivity contribution in [1.29, 1.82) is 0 Å². The second kappa shape index (κ2) is 5.94. The van der Waals surface area contributed by atoms with Gasteiger partial charge in [0.15, 0.2) is 0 Å². The van der Waals surface area contributed by atoms with E-state index in [2.05, 4.69) is 9.71 Å². The number of aromatic nitrogens is 1. The Labute approximate surface area is 117 Å². The second-order valence-corrected chi connectivity index (χ2v) is 6.70. The van der Waals surface area contributed by atoms with Crippen molar-refractivity contribution >= 4 is 16.0 Å². The Morgan fingerprint density at radius 1 is 1.30 bits per heavy atom. The zero-order chi connectivity index (χ0) is 14.8. The molecule has 0 aliphatic heterocycles. The lowest BCUT2D eigenvalue weighted by atomic mass is 10.1. The van der Waals surface area contributed by atoms with Gasteiger partial charge >= 0.3 is 5.97 Å². The summed E-state index contributed by atoms with van der Waals surface area (Å²) in [6.45, 7) is 0. The summed E-state index contributed by atoms with van der Waals surface area (Å²) in [6.07, 6.45) is 4.30. The first-order valence-corrected chi connectivity index (χ1v) is 8.00. The fraction of sp³-hybridized carbons (Fsp3) is 0.583. The highest BCUT2D eigenvalue weighted by atomic mass is 32.2. The van der Waals surface area contributed by atoms with E-state index < -0.39 is 28.1 Å². The number of rotatable bonds is 4. The van der Waals surface area contributed by atoms with E-state index in [1.165, 1.54) is 0 Å². The van der Waals surface area contributed by atoms with Crippen LogP contribution in [0.15, 0.2) is 17.2 Å². The Kier molecular flexibility index (Phi) is 4.46. The molecule has 0 spiro atoms. The number of aromatic carboxylic acids is 1. The Morgan fingerprint density at radius 2 is 2.00 bits per heavy atom. The molecule has 0 saturated heterocycles. The average Bonchev–Trinajstić information content (AvgIpc) is 2.79. The van der Waals surface area contributed by atoms with Crippen LogP contribution in [-0.2, 0) is 10.0 Å². The summed E-state index contributed by atoms with van der Waals surface area (Å²) in [5.74, 6) is -1.22. The van der Waals surface area contributed by atoms with Gasteiger partial charge in [0.25, 0.3) is 0 Å². The summed E-state index contributed by atoms with van der Waals surface area (Å²) < 4.78 is 26.8. The molecule has 1 heterocycles. The molecular formula is C12H18N2O5S. The van der Waals surface area contributed by atoms with E-state index in [0.717, 1.165) is 31.5 Å². The van der Waals surface area contributed by atoms with Crippen LogP contribution in [0.25, 0.3) is 0 Å². The largest absolute Gasteiger partial charge is 0.477 e. The van der Waals surface area contributed by atoms with Crippen LogP contribution in [0.1, 0.15) is 42.6 Å². The summed E-state index contributed by atoms with van der Waals surface area (Å²) in [6, 6.07) is 0.541. The van der Waals surface area contributed by atoms with E-state index in [-0.39, 0.29) is 10.6 Å². The van der Waals surface area contributed by atoms with E-state index in [0.29, 0.717) is 12.8 Å². The van der Waals surface area contributed by atoms with Crippen LogP contribution in [0, 0.1) is 0 Å². The van der Waals surface area contributed by atoms with Crippen molar-refractivity contribution in [3.8, 4) is 0 Å². The minimum Gasteiger partial charge on any atom is -0.477 e. The summed E-state index contributed by atoms with van der Waals surface area (Å²) >= 11 is 0. The van der Waals surface area contributed by atoms with Crippen molar-refractivity contribution in [3.63, 3.8) is 0 Å². The Balaban J connectivity index is 2.15. The maximum Gasteiger partial charge on any atom is 0.352 e. The molecule has 1 fully saturated rings. The van der Waals surface area contributed by atoms with Gasteiger partial charge in [-0.15, -0.1) is 0 Å². The molecule has 2 rings (SSSR count). The fourth-order valence-corrected chi connectivity index (χ4v) is 3.64. The fourth-order valence-electron chi connectivity index (χ4n) is 2.35. The number of sulfonamides is 1. The lowest BCUT2D eigenvalue weighted by molar-refractivity contribution is 0.0691. The predicted octanol–water partition coefficient (Wildman–Crippen LogP) is 0.685. The van der Waals surface area contributed by atoms with Crippen LogP contribution >= 0.6 is 0 Å². The molecular weight excluding hydrogens is 284 g/mol. The molecule has 0 aromatic carbocycles. The number of aliphatic hydroxyl groups is 1. The zero-order valence-corrected chi connectivity index (χ0v) is 11.7. The van der Waals surface area contributed by atoms with Gasteiger partial charge in [0.2, 0.25) is 10.0 Å². The number of carbonyl (C=O) groups is 1. The number of hydrogen-bond donors (Lipinski definition) is 4. The SMILES string of the molecule is O=C(O)c1cc(S(=O)(=O)NC2CCCCCC2O)c[nH]1. The molecule has 0 radical (unpaired) electrons. The molecule has 1 aromatic heterocycles. The second-order valence-electron chi connectivity index (χ2n) is 4.99. The minimum absolute atomic E-state index is 0.133. The molecule has 2 atom stereocenters. The molecule has 8 heteroatoms. The molecule has 112 valence electrons. The molecule has 1 saturated carbocycles. The van der Waals surface area contributed by atoms with E-state index in [1.807, 2.05) is 0 Å². The third kappa shape index (κ3) is 3.38. The molecule has 0 bridgehead atoms. The predicted molar refractivity (Wildman–Crippen MR) is 71.0 cm³/mol. The Hall–Kier alpha value is -1.38. The van der Waals surface area contributed by atoms with Gasteiger partial charge in [-0.1, -0.05) is 19.3 Å². The van der Waals surface area contributed by atoms with Crippen LogP contribution in [0.2, 0.25) is 0 Å². The van der Waals surface area contributed by atoms with Crippen molar-refractivity contribution in [1.82, 2.24) is 9.71 Å². The molecule has 7 nitrogen and oxygen atoms in total. The van der Waals surface area contributed by atoms with Gasteiger partial charge in [0.05, 0.1) is 6.10 Å². The minimum atomic E-state index is -3.83. The van der Waals surface area contributed by atoms with Gasteiger partial charge < -0.3 is 15.2 Å². The highest BCUT2D eigenvalue weighted by Crippen LogP contribution is 2.20. The third-order valence-electron chi connectivity index (χ3n) is 3.48. The van der Waals surface area contributed by atoms with Crippen LogP contribution in [0.3, 0.4) is 0 Å². The Morgan fingerprint density at radius 3 is 2.65 bits per heavy atom. The van der Waals surface area contributed by atoms with Gasteiger partial charge in [0.1, 0.15) is 10.6 Å². The normalized spacial score (nSPS) is 24.2. The van der Waals surface area contributed by atoms with Crippen LogP contribution < -0.4 is 4.72 Å². The smallest absolute Gasteiger partial charge is 0.352 e. The van der Waals surface area contributed by atoms with Gasteiger partial charge in [-0.05, 0) is 18.9 Å². The number of H-pyrrole nitrogens is 1. The number of aromatic amines is 1. The lowest BCUT2D eigenvalue weighted by Crippen LogP contribution is -2.42. The monoisotopic (exact) mass is 302 g/mol. The molecule has 1 aromatic rings. The average molecular weight is 302 g/mol. The van der Waals surface area contributed by atoms with Crippen molar-refractivity contribution in [2.24, 2.45) is 0 Å². The van der Waals surface area contributed by atoms with Gasteiger partial charge in [-0.3, -0.25) is 0 Å². The summed E-state index contributed by atoms with van der Waals surface area (Å²) in [5.41, 5.74) is -0.188. The number of carboxylic acid groups (broad SMARTS) is 1. The van der Waals surface area contributed by atoms with Crippen molar-refractivity contribution in [2.45, 2.75) is 49.1 Å². The lowest BCUT2D eigenvalue weighted by Gasteiger charge is -2.21. The van der Waals surface area contributed by atoms with Gasteiger partial charge in [-0.2, -0.15) is 0 Å². The number of aliphatic hydroxyl groups excluding tert-OH is 1. The zero-order valence-electron chi connectivity index (χ0n) is 10.9. The van der Waals surface area contributed by atoms with Crippen LogP contribution in [0.4, 0.5) is 0 Å². The maximum absolute atomic E-state index is 12.2. The molecule has 1 aliphatic carbocycles. The van der Waals surface area contributed by atoms with E-state index in [4.69, 9.17) is 5.11 Å². The topological polar surface area (TPSA) is 119 Å². The van der Waals surface area contributed by atoms with Crippen molar-refractivity contribution in [2.75, 3.05) is 0 Å². The summed E-state index contributed by atoms with van der Waals surface area (Å²) in [5, 5.41) is 18.7. The number of carboxylic acids is 1. The highest BCUT2D eigenvalue weighted by Gasteiger charge is 2.28. The van der Waals surface area contributed by atoms with E-state index >= 15 is 0 Å². The first-order valence-electron chi connectivity index (χ1n) is 6.52. The molecule has 4 N–H and O–H groups in total. The number of nitrogens with one attached hydrogen (secondary N) is 2. The first kappa shape index (κ1) is 15.0. The number of hydrogen-bond acceptors (Lipinski definition) is 4. The highest BCUT2D eigenvalue weighted by molar-refractivity contribution is 7.89. The molecule has 2 unspecified atom stereocenters.